The first-order valence-corrected chi connectivity index (χ1v) is 9.13. The second-order valence-electron chi connectivity index (χ2n) is 6.33. The monoisotopic (exact) mass is 402 g/mol. The lowest BCUT2D eigenvalue weighted by atomic mass is 10.1. The third-order valence-electron chi connectivity index (χ3n) is 4.28. The van der Waals surface area contributed by atoms with Crippen molar-refractivity contribution >= 4 is 23.5 Å². The molecule has 2 heterocycles. The van der Waals surface area contributed by atoms with Gasteiger partial charge in [0.1, 0.15) is 18.9 Å². The lowest BCUT2D eigenvalue weighted by molar-refractivity contribution is -0.119. The van der Waals surface area contributed by atoms with Gasteiger partial charge in [-0.25, -0.2) is 9.59 Å². The number of rotatable bonds is 6. The molecule has 1 aromatic carbocycles. The number of carbonyl (C=O) groups excluding carboxylic acids is 3. The Morgan fingerprint density at radius 3 is 2.52 bits per heavy atom. The number of aryl methyl sites for hydroxylation is 1. The molecule has 0 aliphatic carbocycles. The molecule has 1 aliphatic heterocycles. The molecule has 9 heteroatoms. The zero-order chi connectivity index (χ0) is 21.0. The summed E-state index contributed by atoms with van der Waals surface area (Å²) in [4.78, 5) is 39.3. The van der Waals surface area contributed by atoms with Gasteiger partial charge in [-0.15, -0.1) is 0 Å². The fraction of sp³-hybridized carbons (Fsp3) is 0.350. The summed E-state index contributed by atoms with van der Waals surface area (Å²) in [6, 6.07) is 4.99. The smallest absolute Gasteiger partial charge is 0.355 e. The van der Waals surface area contributed by atoms with Crippen LogP contribution in [0.3, 0.4) is 0 Å². The first-order chi connectivity index (χ1) is 13.9. The number of carbonyl (C=O) groups is 3. The van der Waals surface area contributed by atoms with Crippen molar-refractivity contribution in [3.8, 4) is 11.5 Å². The van der Waals surface area contributed by atoms with Crippen molar-refractivity contribution in [2.24, 2.45) is 0 Å². The van der Waals surface area contributed by atoms with Crippen LogP contribution in [-0.2, 0) is 14.3 Å². The summed E-state index contributed by atoms with van der Waals surface area (Å²) in [5.41, 5.74) is 1.80. The molecule has 0 unspecified atom stereocenters. The summed E-state index contributed by atoms with van der Waals surface area (Å²) in [5, 5.41) is 2.63. The lowest BCUT2D eigenvalue weighted by Crippen LogP contribution is -2.22. The number of anilines is 1. The molecular formula is C20H22N2O7. The number of amides is 1. The van der Waals surface area contributed by atoms with Crippen LogP contribution < -0.4 is 14.8 Å². The fourth-order valence-electron chi connectivity index (χ4n) is 2.99. The summed E-state index contributed by atoms with van der Waals surface area (Å²) in [7, 11) is 0. The van der Waals surface area contributed by atoms with Gasteiger partial charge in [0.25, 0.3) is 5.91 Å². The molecule has 1 amide bonds. The Hall–Kier alpha value is -3.49. The maximum Gasteiger partial charge on any atom is 0.355 e. The number of hydrogen-bond donors (Lipinski definition) is 2. The van der Waals surface area contributed by atoms with Crippen molar-refractivity contribution in [3.63, 3.8) is 0 Å². The molecule has 29 heavy (non-hydrogen) atoms. The Bertz CT molecular complexity index is 949. The molecule has 1 aromatic heterocycles. The van der Waals surface area contributed by atoms with E-state index in [2.05, 4.69) is 10.3 Å². The molecule has 154 valence electrons. The molecule has 0 atom stereocenters. The molecule has 0 bridgehead atoms. The molecule has 0 radical (unpaired) electrons. The van der Waals surface area contributed by atoms with E-state index in [-0.39, 0.29) is 12.3 Å². The van der Waals surface area contributed by atoms with Crippen LogP contribution in [0.2, 0.25) is 0 Å². The average Bonchev–Trinajstić information content (AvgIpc) is 3.00. The van der Waals surface area contributed by atoms with Crippen molar-refractivity contribution in [2.75, 3.05) is 31.7 Å². The van der Waals surface area contributed by atoms with Gasteiger partial charge >= 0.3 is 11.9 Å². The molecule has 1 aliphatic rings. The Morgan fingerprint density at radius 2 is 1.79 bits per heavy atom. The molecular weight excluding hydrogens is 380 g/mol. The van der Waals surface area contributed by atoms with Crippen LogP contribution >= 0.6 is 0 Å². The summed E-state index contributed by atoms with van der Waals surface area (Å²) in [6.07, 6.45) is 0. The van der Waals surface area contributed by atoms with Gasteiger partial charge in [0.15, 0.2) is 18.1 Å². The predicted octanol–water partition coefficient (Wildman–Crippen LogP) is 2.37. The highest BCUT2D eigenvalue weighted by Gasteiger charge is 2.24. The average molecular weight is 402 g/mol. The van der Waals surface area contributed by atoms with E-state index in [0.717, 1.165) is 0 Å². The molecule has 9 nitrogen and oxygen atoms in total. The van der Waals surface area contributed by atoms with Crippen molar-refractivity contribution in [1.82, 2.24) is 4.98 Å². The van der Waals surface area contributed by atoms with Crippen LogP contribution in [0.4, 0.5) is 5.69 Å². The van der Waals surface area contributed by atoms with Gasteiger partial charge in [0, 0.05) is 17.4 Å². The van der Waals surface area contributed by atoms with Gasteiger partial charge in [0.05, 0.1) is 12.2 Å². The summed E-state index contributed by atoms with van der Waals surface area (Å²) in [6.45, 7) is 5.62. The highest BCUT2D eigenvalue weighted by molar-refractivity contribution is 5.99. The topological polar surface area (TPSA) is 116 Å². The minimum atomic E-state index is -0.738. The first kappa shape index (κ1) is 20.2. The number of esters is 2. The van der Waals surface area contributed by atoms with Crippen molar-refractivity contribution in [1.29, 1.82) is 0 Å². The van der Waals surface area contributed by atoms with Gasteiger partial charge in [-0.2, -0.15) is 0 Å². The van der Waals surface area contributed by atoms with Crippen LogP contribution in [0, 0.1) is 13.8 Å². The second kappa shape index (κ2) is 8.68. The predicted molar refractivity (Wildman–Crippen MR) is 103 cm³/mol. The summed E-state index contributed by atoms with van der Waals surface area (Å²) >= 11 is 0. The minimum absolute atomic E-state index is 0.109. The van der Waals surface area contributed by atoms with E-state index in [4.69, 9.17) is 18.9 Å². The van der Waals surface area contributed by atoms with Gasteiger partial charge in [0.2, 0.25) is 0 Å². The van der Waals surface area contributed by atoms with E-state index < -0.39 is 24.5 Å². The van der Waals surface area contributed by atoms with E-state index in [9.17, 15) is 14.4 Å². The van der Waals surface area contributed by atoms with Crippen LogP contribution in [0.1, 0.15) is 39.0 Å². The number of hydrogen-bond acceptors (Lipinski definition) is 7. The van der Waals surface area contributed by atoms with E-state index in [0.29, 0.717) is 47.2 Å². The molecule has 0 saturated heterocycles. The number of benzene rings is 1. The molecule has 0 saturated carbocycles. The fourth-order valence-corrected chi connectivity index (χ4v) is 2.99. The van der Waals surface area contributed by atoms with Crippen molar-refractivity contribution < 1.29 is 33.3 Å². The zero-order valence-corrected chi connectivity index (χ0v) is 16.4. The lowest BCUT2D eigenvalue weighted by Gasteiger charge is -2.19. The van der Waals surface area contributed by atoms with Gasteiger partial charge in [-0.1, -0.05) is 0 Å². The van der Waals surface area contributed by atoms with Gasteiger partial charge < -0.3 is 29.2 Å². The Balaban J connectivity index is 1.60. The standard InChI is InChI=1S/C20H22N2O7/c1-4-26-19(24)17-11(2)18(21-12(17)3)20(25)29-10-16(23)22-13-5-6-14-15(9-13)28-8-7-27-14/h5-6,9,21H,4,7-8,10H2,1-3H3,(H,22,23). The second-order valence-corrected chi connectivity index (χ2v) is 6.33. The van der Waals surface area contributed by atoms with Crippen LogP contribution in [-0.4, -0.2) is 49.3 Å². The van der Waals surface area contributed by atoms with Crippen molar-refractivity contribution in [2.45, 2.75) is 20.8 Å². The molecule has 0 fully saturated rings. The third-order valence-corrected chi connectivity index (χ3v) is 4.28. The van der Waals surface area contributed by atoms with Gasteiger partial charge in [-0.3, -0.25) is 4.79 Å². The van der Waals surface area contributed by atoms with Crippen LogP contribution in [0.25, 0.3) is 0 Å². The van der Waals surface area contributed by atoms with Crippen molar-refractivity contribution in [3.05, 3.63) is 40.7 Å². The number of fused-ring (bicyclic) bond motifs is 1. The summed E-state index contributed by atoms with van der Waals surface area (Å²) in [5.74, 6) is -0.625. The molecule has 3 rings (SSSR count). The summed E-state index contributed by atoms with van der Waals surface area (Å²) < 4.78 is 21.0. The quantitative estimate of drug-likeness (QED) is 0.713. The number of ether oxygens (including phenoxy) is 4. The van der Waals surface area contributed by atoms with Crippen LogP contribution in [0.15, 0.2) is 18.2 Å². The normalized spacial score (nSPS) is 12.2. The number of nitrogens with one attached hydrogen (secondary N) is 2. The molecule has 0 spiro atoms. The number of aromatic nitrogens is 1. The van der Waals surface area contributed by atoms with E-state index in [1.807, 2.05) is 0 Å². The van der Waals surface area contributed by atoms with E-state index >= 15 is 0 Å². The number of aromatic amines is 1. The highest BCUT2D eigenvalue weighted by atomic mass is 16.6. The van der Waals surface area contributed by atoms with Gasteiger partial charge in [-0.05, 0) is 38.5 Å². The maximum atomic E-state index is 12.3. The maximum absolute atomic E-state index is 12.3. The zero-order valence-electron chi connectivity index (χ0n) is 16.4. The highest BCUT2D eigenvalue weighted by Crippen LogP contribution is 2.32. The van der Waals surface area contributed by atoms with E-state index in [1.54, 1.807) is 39.0 Å². The van der Waals surface area contributed by atoms with E-state index in [1.165, 1.54) is 0 Å². The Labute approximate surface area is 167 Å². The molecule has 2 aromatic rings. The first-order valence-electron chi connectivity index (χ1n) is 9.13. The SMILES string of the molecule is CCOC(=O)c1c(C)[nH]c(C(=O)OCC(=O)Nc2ccc3c(c2)OCCO3)c1C. The number of H-pyrrole nitrogens is 1. The minimum Gasteiger partial charge on any atom is -0.486 e. The molecule has 2 N–H and O–H groups in total. The third kappa shape index (κ3) is 4.50. The van der Waals surface area contributed by atoms with Crippen LogP contribution in [0.5, 0.6) is 11.5 Å². The Morgan fingerprint density at radius 1 is 1.07 bits per heavy atom. The largest absolute Gasteiger partial charge is 0.486 e. The Kier molecular flexibility index (Phi) is 6.06.